The molecule has 0 spiro atoms. The summed E-state index contributed by atoms with van der Waals surface area (Å²) in [7, 11) is 0. The Kier molecular flexibility index (Phi) is 1.83. The molecule has 0 aromatic carbocycles. The van der Waals surface area contributed by atoms with Gasteiger partial charge in [0.05, 0.1) is 19.0 Å². The van der Waals surface area contributed by atoms with E-state index in [0.717, 1.165) is 6.42 Å². The molecular weight excluding hydrogens is 106 g/mol. The summed E-state index contributed by atoms with van der Waals surface area (Å²) in [5.41, 5.74) is 0. The van der Waals surface area contributed by atoms with Gasteiger partial charge in [-0.15, -0.1) is 0 Å². The number of nitrogens with one attached hydrogen (secondary N) is 1. The summed E-state index contributed by atoms with van der Waals surface area (Å²) in [6, 6.07) is 0. The summed E-state index contributed by atoms with van der Waals surface area (Å²) in [5.74, 6) is 0.507. The highest BCUT2D eigenvalue weighted by molar-refractivity contribution is 4.61. The molecule has 2 N–H and O–H groups in total. The molecule has 0 aromatic rings. The third-order valence-electron chi connectivity index (χ3n) is 1.57. The fraction of sp³-hybridized carbons (Fsp3) is 1.00. The van der Waals surface area contributed by atoms with Crippen molar-refractivity contribution in [1.29, 1.82) is 0 Å². The number of hydrogen-bond acceptors (Lipinski definition) is 2. The lowest BCUT2D eigenvalue weighted by molar-refractivity contribution is -0.902. The van der Waals surface area contributed by atoms with Crippen molar-refractivity contribution >= 4 is 0 Å². The van der Waals surface area contributed by atoms with Gasteiger partial charge in [0.25, 0.3) is 0 Å². The summed E-state index contributed by atoms with van der Waals surface area (Å²) >= 11 is 0. The van der Waals surface area contributed by atoms with E-state index in [0.29, 0.717) is 24.1 Å². The highest BCUT2D eigenvalue weighted by Crippen LogP contribution is 2.01. The van der Waals surface area contributed by atoms with E-state index in [9.17, 15) is 5.21 Å². The van der Waals surface area contributed by atoms with E-state index in [-0.39, 0.29) is 6.61 Å². The second kappa shape index (κ2) is 2.44. The number of hydrogen-bond donors (Lipinski definition) is 2. The van der Waals surface area contributed by atoms with Crippen LogP contribution in [0, 0.1) is 11.1 Å². The monoisotopic (exact) mass is 117 g/mol. The van der Waals surface area contributed by atoms with Crippen LogP contribution >= 0.6 is 0 Å². The fourth-order valence-corrected chi connectivity index (χ4v) is 0.971. The minimum Gasteiger partial charge on any atom is -0.634 e. The Morgan fingerprint density at radius 2 is 2.25 bits per heavy atom. The van der Waals surface area contributed by atoms with Crippen molar-refractivity contribution in [3.63, 3.8) is 0 Å². The number of aliphatic hydroxyl groups excluding tert-OH is 1. The molecule has 0 radical (unpaired) electrons. The molecule has 0 unspecified atom stereocenters. The second-order valence-electron chi connectivity index (χ2n) is 2.33. The fourth-order valence-electron chi connectivity index (χ4n) is 0.971. The maximum Gasteiger partial charge on any atom is 0.0852 e. The molecule has 3 heteroatoms. The van der Waals surface area contributed by atoms with Gasteiger partial charge in [0.15, 0.2) is 0 Å². The number of quaternary nitrogens is 1. The van der Waals surface area contributed by atoms with Gasteiger partial charge in [-0.3, -0.25) is 0 Å². The van der Waals surface area contributed by atoms with Crippen LogP contribution in [-0.2, 0) is 0 Å². The summed E-state index contributed by atoms with van der Waals surface area (Å²) in [5, 5.41) is 19.0. The van der Waals surface area contributed by atoms with Gasteiger partial charge in [-0.25, -0.2) is 0 Å². The lowest BCUT2D eigenvalue weighted by atomic mass is 10.00. The lowest BCUT2D eigenvalue weighted by Crippen LogP contribution is -3.15. The zero-order valence-corrected chi connectivity index (χ0v) is 4.76. The standard InChI is InChI=1S/C5H11NO2/c7-2-1-5-3-6(8)4-5/h5-7H,1-4H2. The van der Waals surface area contributed by atoms with E-state index in [4.69, 9.17) is 5.11 Å². The predicted molar refractivity (Wildman–Crippen MR) is 29.3 cm³/mol. The van der Waals surface area contributed by atoms with Gasteiger partial charge < -0.3 is 15.4 Å². The number of hydroxylamine groups is 2. The zero-order chi connectivity index (χ0) is 5.98. The molecule has 1 saturated heterocycles. The van der Waals surface area contributed by atoms with Crippen LogP contribution < -0.4 is 5.06 Å². The summed E-state index contributed by atoms with van der Waals surface area (Å²) in [6.45, 7) is 1.65. The maximum atomic E-state index is 10.3. The van der Waals surface area contributed by atoms with E-state index >= 15 is 0 Å². The van der Waals surface area contributed by atoms with Gasteiger partial charge in [0, 0.05) is 6.61 Å². The van der Waals surface area contributed by atoms with Gasteiger partial charge in [-0.2, -0.15) is 0 Å². The SMILES string of the molecule is [O-][NH+]1CC(CCO)C1. The molecule has 1 heterocycles. The van der Waals surface area contributed by atoms with Crippen LogP contribution in [0.3, 0.4) is 0 Å². The van der Waals surface area contributed by atoms with E-state index < -0.39 is 0 Å². The van der Waals surface area contributed by atoms with E-state index in [2.05, 4.69) is 0 Å². The van der Waals surface area contributed by atoms with E-state index in [1.165, 1.54) is 0 Å². The van der Waals surface area contributed by atoms with Gasteiger partial charge in [-0.05, 0) is 6.42 Å². The first kappa shape index (κ1) is 6.01. The van der Waals surface area contributed by atoms with Crippen LogP contribution in [0.5, 0.6) is 0 Å². The van der Waals surface area contributed by atoms with Gasteiger partial charge in [-0.1, -0.05) is 0 Å². The van der Waals surface area contributed by atoms with Gasteiger partial charge in [0.2, 0.25) is 0 Å². The van der Waals surface area contributed by atoms with Crippen molar-refractivity contribution in [2.24, 2.45) is 5.92 Å². The Bertz CT molecular complexity index is 68.1. The Morgan fingerprint density at radius 1 is 1.62 bits per heavy atom. The lowest BCUT2D eigenvalue weighted by Gasteiger charge is -2.37. The van der Waals surface area contributed by atoms with Crippen LogP contribution in [-0.4, -0.2) is 24.8 Å². The maximum absolute atomic E-state index is 10.3. The molecule has 0 atom stereocenters. The molecule has 48 valence electrons. The van der Waals surface area contributed by atoms with Gasteiger partial charge in [0.1, 0.15) is 0 Å². The normalized spacial score (nSPS) is 36.8. The summed E-state index contributed by atoms with van der Waals surface area (Å²) in [4.78, 5) is 0. The second-order valence-corrected chi connectivity index (χ2v) is 2.33. The van der Waals surface area contributed by atoms with Crippen molar-refractivity contribution in [1.82, 2.24) is 0 Å². The molecular formula is C5H11NO2. The van der Waals surface area contributed by atoms with Gasteiger partial charge >= 0.3 is 0 Å². The molecule has 1 aliphatic heterocycles. The van der Waals surface area contributed by atoms with Crippen molar-refractivity contribution < 1.29 is 10.2 Å². The molecule has 1 aliphatic rings. The Morgan fingerprint density at radius 3 is 2.62 bits per heavy atom. The average molecular weight is 117 g/mol. The first-order valence-electron chi connectivity index (χ1n) is 2.95. The van der Waals surface area contributed by atoms with Crippen LogP contribution in [0.2, 0.25) is 0 Å². The molecule has 0 bridgehead atoms. The zero-order valence-electron chi connectivity index (χ0n) is 4.76. The third-order valence-corrected chi connectivity index (χ3v) is 1.57. The molecule has 8 heavy (non-hydrogen) atoms. The van der Waals surface area contributed by atoms with Crippen molar-refractivity contribution in [2.45, 2.75) is 6.42 Å². The van der Waals surface area contributed by atoms with Crippen LogP contribution in [0.4, 0.5) is 0 Å². The Hall–Kier alpha value is -0.120. The quantitative estimate of drug-likeness (QED) is 0.427. The first-order valence-corrected chi connectivity index (χ1v) is 2.95. The number of rotatable bonds is 2. The van der Waals surface area contributed by atoms with Crippen LogP contribution in [0.25, 0.3) is 0 Å². The number of aliphatic hydroxyl groups is 1. The highest BCUT2D eigenvalue weighted by Gasteiger charge is 2.24. The summed E-state index contributed by atoms with van der Waals surface area (Å²) in [6.07, 6.45) is 0.811. The predicted octanol–water partition coefficient (Wildman–Crippen LogP) is -1.62. The molecule has 0 aliphatic carbocycles. The Labute approximate surface area is 48.5 Å². The molecule has 0 aromatic heterocycles. The van der Waals surface area contributed by atoms with Crippen molar-refractivity contribution in [2.75, 3.05) is 19.7 Å². The van der Waals surface area contributed by atoms with Crippen molar-refractivity contribution in [3.05, 3.63) is 5.21 Å². The average Bonchev–Trinajstić information content (AvgIpc) is 1.64. The largest absolute Gasteiger partial charge is 0.634 e. The molecule has 0 saturated carbocycles. The first-order chi connectivity index (χ1) is 3.83. The minimum atomic E-state index is 0.234. The van der Waals surface area contributed by atoms with Crippen molar-refractivity contribution in [3.8, 4) is 0 Å². The Balaban J connectivity index is 1.98. The molecule has 3 nitrogen and oxygen atoms in total. The molecule has 0 amide bonds. The van der Waals surface area contributed by atoms with E-state index in [1.54, 1.807) is 0 Å². The molecule has 1 fully saturated rings. The van der Waals surface area contributed by atoms with Crippen LogP contribution in [0.1, 0.15) is 6.42 Å². The third kappa shape index (κ3) is 1.18. The minimum absolute atomic E-state index is 0.234. The smallest absolute Gasteiger partial charge is 0.0852 e. The molecule has 1 rings (SSSR count). The summed E-state index contributed by atoms with van der Waals surface area (Å²) < 4.78 is 0. The van der Waals surface area contributed by atoms with E-state index in [1.807, 2.05) is 0 Å². The topological polar surface area (TPSA) is 47.7 Å². The van der Waals surface area contributed by atoms with Crippen LogP contribution in [0.15, 0.2) is 0 Å². The highest BCUT2D eigenvalue weighted by atomic mass is 16.5.